The highest BCUT2D eigenvalue weighted by molar-refractivity contribution is 8.02. The van der Waals surface area contributed by atoms with Crippen LogP contribution in [0.15, 0.2) is 48.6 Å². The number of rotatable bonds is 5. The van der Waals surface area contributed by atoms with Crippen LogP contribution in [0.5, 0.6) is 0 Å². The third-order valence-corrected chi connectivity index (χ3v) is 9.47. The molecular weight excluding hydrogens is 480 g/mol. The Hall–Kier alpha value is -3.18. The number of likely N-dealkylation sites (tertiary alicyclic amines) is 1. The van der Waals surface area contributed by atoms with Crippen LogP contribution in [0.4, 0.5) is 0 Å². The smallest absolute Gasteiger partial charge is 0.248 e. The molecule has 3 amide bonds. The van der Waals surface area contributed by atoms with E-state index in [0.717, 1.165) is 11.0 Å². The van der Waals surface area contributed by atoms with Gasteiger partial charge in [0.05, 0.1) is 22.1 Å². The molecule has 1 aromatic heterocycles. The van der Waals surface area contributed by atoms with Gasteiger partial charge < -0.3 is 19.8 Å². The largest absolute Gasteiger partial charge is 0.396 e. The number of para-hydroxylation sites is 1. The van der Waals surface area contributed by atoms with Crippen molar-refractivity contribution in [1.82, 2.24) is 29.7 Å². The Balaban J connectivity index is 1.40. The minimum Gasteiger partial charge on any atom is -0.396 e. The summed E-state index contributed by atoms with van der Waals surface area (Å²) >= 11 is 1.56. The topological polar surface area (TPSA) is 112 Å². The molecular formula is C25H28N6O4S. The lowest BCUT2D eigenvalue weighted by Gasteiger charge is -2.35. The van der Waals surface area contributed by atoms with Crippen LogP contribution >= 0.6 is 11.8 Å². The van der Waals surface area contributed by atoms with Gasteiger partial charge in [-0.25, -0.2) is 4.68 Å². The van der Waals surface area contributed by atoms with Crippen molar-refractivity contribution in [3.63, 3.8) is 0 Å². The Kier molecular flexibility index (Phi) is 5.64. The molecule has 2 aromatic rings. The maximum absolute atomic E-state index is 14.2. The molecule has 2 saturated heterocycles. The maximum atomic E-state index is 14.2. The highest BCUT2D eigenvalue weighted by Crippen LogP contribution is 2.60. The van der Waals surface area contributed by atoms with E-state index in [-0.39, 0.29) is 42.8 Å². The van der Waals surface area contributed by atoms with Crippen molar-refractivity contribution in [2.24, 2.45) is 11.8 Å². The quantitative estimate of drug-likeness (QED) is 0.586. The molecule has 4 aliphatic rings. The average molecular weight is 509 g/mol. The number of nitrogens with zero attached hydrogens (tertiary/aromatic N) is 6. The zero-order valence-electron chi connectivity index (χ0n) is 19.9. The monoisotopic (exact) mass is 508 g/mol. The van der Waals surface area contributed by atoms with Crippen LogP contribution in [-0.2, 0) is 21.1 Å². The van der Waals surface area contributed by atoms with Crippen LogP contribution in [0.2, 0.25) is 0 Å². The van der Waals surface area contributed by atoms with Crippen molar-refractivity contribution in [3.8, 4) is 0 Å². The second-order valence-electron chi connectivity index (χ2n) is 9.78. The van der Waals surface area contributed by atoms with Crippen LogP contribution in [0.25, 0.3) is 11.0 Å². The summed E-state index contributed by atoms with van der Waals surface area (Å²) in [6.45, 7) is 1.24. The van der Waals surface area contributed by atoms with E-state index in [1.165, 1.54) is 0 Å². The number of aliphatic hydroxyl groups is 1. The van der Waals surface area contributed by atoms with Gasteiger partial charge in [-0.2, -0.15) is 0 Å². The van der Waals surface area contributed by atoms with E-state index in [1.807, 2.05) is 48.6 Å². The molecule has 5 atom stereocenters. The van der Waals surface area contributed by atoms with Gasteiger partial charge in [-0.1, -0.05) is 41.7 Å². The number of thioether (sulfide) groups is 1. The fourth-order valence-electron chi connectivity index (χ4n) is 6.10. The molecule has 11 heteroatoms. The number of carbonyl (C=O) groups is 3. The van der Waals surface area contributed by atoms with Gasteiger partial charge in [-0.3, -0.25) is 14.4 Å². The van der Waals surface area contributed by atoms with Gasteiger partial charge in [-0.05, 0) is 18.6 Å². The van der Waals surface area contributed by atoms with E-state index in [4.69, 9.17) is 0 Å². The summed E-state index contributed by atoms with van der Waals surface area (Å²) in [4.78, 5) is 46.5. The number of aromatic nitrogens is 3. The van der Waals surface area contributed by atoms with Crippen LogP contribution in [0.3, 0.4) is 0 Å². The second-order valence-corrected chi connectivity index (χ2v) is 11.3. The molecule has 10 nitrogen and oxygen atoms in total. The summed E-state index contributed by atoms with van der Waals surface area (Å²) in [5.74, 6) is -1.59. The number of aliphatic hydroxyl groups excluding tert-OH is 1. The van der Waals surface area contributed by atoms with Crippen molar-refractivity contribution in [3.05, 3.63) is 48.6 Å². The molecule has 36 heavy (non-hydrogen) atoms. The van der Waals surface area contributed by atoms with Gasteiger partial charge in [0.1, 0.15) is 18.2 Å². The first-order valence-corrected chi connectivity index (χ1v) is 13.1. The summed E-state index contributed by atoms with van der Waals surface area (Å²) in [6, 6.07) is 6.81. The number of fused-ring (bicyclic) bond motifs is 3. The van der Waals surface area contributed by atoms with E-state index in [9.17, 15) is 19.5 Å². The maximum Gasteiger partial charge on any atom is 0.248 e. The first-order valence-electron chi connectivity index (χ1n) is 12.2. The van der Waals surface area contributed by atoms with E-state index < -0.39 is 22.6 Å². The Morgan fingerprint density at radius 2 is 1.94 bits per heavy atom. The number of amides is 3. The van der Waals surface area contributed by atoms with Crippen molar-refractivity contribution in [1.29, 1.82) is 0 Å². The van der Waals surface area contributed by atoms with E-state index in [1.54, 1.807) is 38.2 Å². The van der Waals surface area contributed by atoms with Crippen molar-refractivity contribution in [2.75, 3.05) is 33.3 Å². The predicted molar refractivity (Wildman–Crippen MR) is 133 cm³/mol. The Bertz CT molecular complexity index is 1290. The number of benzene rings is 1. The number of likely N-dealkylation sites (N-methyl/N-ethyl adjacent to an activating group) is 1. The van der Waals surface area contributed by atoms with E-state index in [2.05, 4.69) is 10.3 Å². The minimum absolute atomic E-state index is 0.0634. The van der Waals surface area contributed by atoms with Crippen LogP contribution in [-0.4, -0.2) is 102 Å². The molecule has 0 saturated carbocycles. The minimum atomic E-state index is -0.851. The number of hydrogen-bond donors (Lipinski definition) is 1. The Morgan fingerprint density at radius 3 is 2.78 bits per heavy atom. The first kappa shape index (κ1) is 23.2. The summed E-state index contributed by atoms with van der Waals surface area (Å²) in [7, 11) is 1.75. The van der Waals surface area contributed by atoms with Crippen molar-refractivity contribution in [2.45, 2.75) is 29.1 Å². The number of hydrogen-bond acceptors (Lipinski definition) is 7. The SMILES string of the molecule is CN1CC=C[C@@H]2S[C@]34C=CCN(Cn5nnc6ccccc65)C(=O)C3N(CCCO)C(=O)[C@@H]4[C@@H]2C1=O. The van der Waals surface area contributed by atoms with Gasteiger partial charge >= 0.3 is 0 Å². The highest BCUT2D eigenvalue weighted by Gasteiger charge is 2.70. The molecule has 1 N–H and O–H groups in total. The third-order valence-electron chi connectivity index (χ3n) is 7.73. The van der Waals surface area contributed by atoms with Crippen LogP contribution in [0.1, 0.15) is 6.42 Å². The van der Waals surface area contributed by atoms with Gasteiger partial charge in [0.2, 0.25) is 17.7 Å². The normalized spacial score (nSPS) is 31.6. The molecule has 1 aromatic carbocycles. The zero-order valence-corrected chi connectivity index (χ0v) is 20.8. The van der Waals surface area contributed by atoms with Gasteiger partial charge in [-0.15, -0.1) is 16.9 Å². The zero-order chi connectivity index (χ0) is 25.0. The molecule has 0 radical (unpaired) electrons. The first-order chi connectivity index (χ1) is 17.5. The molecule has 1 unspecified atom stereocenters. The molecule has 0 aliphatic carbocycles. The molecule has 6 rings (SSSR count). The summed E-state index contributed by atoms with van der Waals surface area (Å²) in [6.07, 6.45) is 8.30. The van der Waals surface area contributed by atoms with Gasteiger partial charge in [0, 0.05) is 38.5 Å². The van der Waals surface area contributed by atoms with Crippen molar-refractivity contribution < 1.29 is 19.5 Å². The Labute approximate surface area is 212 Å². The van der Waals surface area contributed by atoms with E-state index in [0.29, 0.717) is 19.5 Å². The summed E-state index contributed by atoms with van der Waals surface area (Å²) in [5.41, 5.74) is 1.57. The lowest BCUT2D eigenvalue weighted by Crippen LogP contribution is -2.53. The molecule has 4 aliphatic heterocycles. The Morgan fingerprint density at radius 1 is 1.11 bits per heavy atom. The summed E-state index contributed by atoms with van der Waals surface area (Å²) < 4.78 is 0.842. The van der Waals surface area contributed by atoms with Crippen molar-refractivity contribution >= 4 is 40.5 Å². The molecule has 5 heterocycles. The lowest BCUT2D eigenvalue weighted by atomic mass is 9.78. The average Bonchev–Trinajstić information content (AvgIpc) is 3.43. The van der Waals surface area contributed by atoms with Crippen LogP contribution in [0, 0.1) is 11.8 Å². The molecule has 2 fully saturated rings. The highest BCUT2D eigenvalue weighted by atomic mass is 32.2. The fourth-order valence-corrected chi connectivity index (χ4v) is 8.11. The molecule has 1 spiro atoms. The van der Waals surface area contributed by atoms with Crippen LogP contribution < -0.4 is 0 Å². The number of carbonyl (C=O) groups excluding carboxylic acids is 3. The lowest BCUT2D eigenvalue weighted by molar-refractivity contribution is -0.144. The molecule has 0 bridgehead atoms. The molecule has 188 valence electrons. The van der Waals surface area contributed by atoms with Gasteiger partial charge in [0.25, 0.3) is 0 Å². The van der Waals surface area contributed by atoms with E-state index >= 15 is 0 Å². The second kappa shape index (κ2) is 8.74. The fraction of sp³-hybridized carbons (Fsp3) is 0.480. The van der Waals surface area contributed by atoms with Gasteiger partial charge in [0.15, 0.2) is 0 Å². The predicted octanol–water partition coefficient (Wildman–Crippen LogP) is 0.495. The third kappa shape index (κ3) is 3.32. The summed E-state index contributed by atoms with van der Waals surface area (Å²) in [5, 5.41) is 17.8. The standard InChI is InChI=1S/C25H28N6O4S/c1-28-11-4-9-18-19(22(28)33)20-23(34)30(13-6-14-32)21-24(35)29(12-5-10-25(20,21)36-18)15-31-17-8-3-2-7-16(17)26-27-31/h2-5,7-10,18-21,32H,6,11-15H2,1H3/t18-,19+,20-,21?,25-/m0/s1.